The molecular formula is C21H25FN2O3. The number of hydrogen-bond acceptors (Lipinski definition) is 3. The molecule has 0 aromatic heterocycles. The minimum atomic E-state index is -0.685. The van der Waals surface area contributed by atoms with Crippen molar-refractivity contribution in [2.75, 3.05) is 13.7 Å². The van der Waals surface area contributed by atoms with Crippen LogP contribution in [-0.2, 0) is 11.2 Å². The summed E-state index contributed by atoms with van der Waals surface area (Å²) in [5.41, 5.74) is 1.17. The summed E-state index contributed by atoms with van der Waals surface area (Å²) in [6, 6.07) is 12.4. The van der Waals surface area contributed by atoms with Crippen molar-refractivity contribution in [3.05, 3.63) is 65.5 Å². The molecule has 0 fully saturated rings. The second kappa shape index (κ2) is 9.71. The van der Waals surface area contributed by atoms with Crippen molar-refractivity contribution in [2.45, 2.75) is 26.3 Å². The van der Waals surface area contributed by atoms with Crippen molar-refractivity contribution >= 4 is 11.8 Å². The summed E-state index contributed by atoms with van der Waals surface area (Å²) in [6.45, 7) is 4.08. The van der Waals surface area contributed by atoms with Crippen LogP contribution in [0.5, 0.6) is 5.75 Å². The lowest BCUT2D eigenvalue weighted by Gasteiger charge is -2.22. The molecule has 27 heavy (non-hydrogen) atoms. The standard InChI is InChI=1S/C21H25FN2O3/c1-14(2)19(24-20(25)17-9-4-5-10-18(17)27-3)21(26)23-12-11-15-7-6-8-16(22)13-15/h4-10,13-14,19H,11-12H2,1-3H3,(H,23,26)(H,24,25)/t19-/m0/s1. The molecule has 2 rings (SSSR count). The molecule has 0 aliphatic rings. The van der Waals surface area contributed by atoms with Crippen molar-refractivity contribution in [1.82, 2.24) is 10.6 Å². The average molecular weight is 372 g/mol. The van der Waals surface area contributed by atoms with Crippen LogP contribution in [0.2, 0.25) is 0 Å². The number of halogens is 1. The van der Waals surface area contributed by atoms with Crippen molar-refractivity contribution < 1.29 is 18.7 Å². The summed E-state index contributed by atoms with van der Waals surface area (Å²) in [6.07, 6.45) is 0.509. The summed E-state index contributed by atoms with van der Waals surface area (Å²) < 4.78 is 18.4. The van der Waals surface area contributed by atoms with E-state index >= 15 is 0 Å². The van der Waals surface area contributed by atoms with Crippen LogP contribution in [0.15, 0.2) is 48.5 Å². The van der Waals surface area contributed by atoms with E-state index in [9.17, 15) is 14.0 Å². The topological polar surface area (TPSA) is 67.4 Å². The fraction of sp³-hybridized carbons (Fsp3) is 0.333. The number of nitrogens with one attached hydrogen (secondary N) is 2. The number of methoxy groups -OCH3 is 1. The van der Waals surface area contributed by atoms with Gasteiger partial charge >= 0.3 is 0 Å². The van der Waals surface area contributed by atoms with E-state index in [0.717, 1.165) is 5.56 Å². The number of para-hydroxylation sites is 1. The van der Waals surface area contributed by atoms with Crippen LogP contribution in [0.3, 0.4) is 0 Å². The molecule has 2 N–H and O–H groups in total. The van der Waals surface area contributed by atoms with Crippen molar-refractivity contribution in [1.29, 1.82) is 0 Å². The molecule has 0 unspecified atom stereocenters. The Kier molecular flexibility index (Phi) is 7.34. The van der Waals surface area contributed by atoms with Crippen LogP contribution in [0.1, 0.15) is 29.8 Å². The van der Waals surface area contributed by atoms with E-state index < -0.39 is 6.04 Å². The monoisotopic (exact) mass is 372 g/mol. The van der Waals surface area contributed by atoms with Crippen LogP contribution < -0.4 is 15.4 Å². The Labute approximate surface area is 158 Å². The average Bonchev–Trinajstić information content (AvgIpc) is 2.65. The Hall–Kier alpha value is -2.89. The minimum Gasteiger partial charge on any atom is -0.496 e. The van der Waals surface area contributed by atoms with Gasteiger partial charge in [0.05, 0.1) is 12.7 Å². The Morgan fingerprint density at radius 2 is 1.85 bits per heavy atom. The van der Waals surface area contributed by atoms with Gasteiger partial charge in [0.2, 0.25) is 5.91 Å². The number of rotatable bonds is 8. The second-order valence-electron chi connectivity index (χ2n) is 6.57. The summed E-state index contributed by atoms with van der Waals surface area (Å²) in [7, 11) is 1.49. The van der Waals surface area contributed by atoms with Gasteiger partial charge in [-0.1, -0.05) is 38.1 Å². The molecule has 0 spiro atoms. The largest absolute Gasteiger partial charge is 0.496 e. The van der Waals surface area contributed by atoms with Gasteiger partial charge in [-0.3, -0.25) is 9.59 Å². The van der Waals surface area contributed by atoms with E-state index in [2.05, 4.69) is 10.6 Å². The molecule has 6 heteroatoms. The molecule has 0 bridgehead atoms. The summed E-state index contributed by atoms with van der Waals surface area (Å²) in [5, 5.41) is 5.58. The molecule has 1 atom stereocenters. The fourth-order valence-corrected chi connectivity index (χ4v) is 2.72. The first kappa shape index (κ1) is 20.4. The maximum absolute atomic E-state index is 13.2. The predicted molar refractivity (Wildman–Crippen MR) is 102 cm³/mol. The minimum absolute atomic E-state index is 0.0992. The SMILES string of the molecule is COc1ccccc1C(=O)N[C@H](C(=O)NCCc1cccc(F)c1)C(C)C. The molecule has 2 aromatic carbocycles. The van der Waals surface area contributed by atoms with E-state index in [4.69, 9.17) is 4.74 Å². The van der Waals surface area contributed by atoms with Crippen molar-refractivity contribution in [3.8, 4) is 5.75 Å². The van der Waals surface area contributed by atoms with E-state index in [-0.39, 0.29) is 23.5 Å². The third kappa shape index (κ3) is 5.81. The van der Waals surface area contributed by atoms with Gasteiger partial charge in [-0.05, 0) is 42.2 Å². The third-order valence-electron chi connectivity index (χ3n) is 4.19. The first-order chi connectivity index (χ1) is 12.9. The zero-order valence-corrected chi connectivity index (χ0v) is 15.8. The second-order valence-corrected chi connectivity index (χ2v) is 6.57. The van der Waals surface area contributed by atoms with E-state index in [1.165, 1.54) is 19.2 Å². The Balaban J connectivity index is 1.97. The van der Waals surface area contributed by atoms with E-state index in [1.54, 1.807) is 36.4 Å². The lowest BCUT2D eigenvalue weighted by atomic mass is 10.0. The molecule has 0 radical (unpaired) electrons. The molecule has 0 heterocycles. The summed E-state index contributed by atoms with van der Waals surface area (Å²) in [5.74, 6) is -0.596. The van der Waals surface area contributed by atoms with Gasteiger partial charge < -0.3 is 15.4 Å². The molecule has 0 saturated carbocycles. The lowest BCUT2D eigenvalue weighted by molar-refractivity contribution is -0.123. The van der Waals surface area contributed by atoms with Crippen LogP contribution in [0.25, 0.3) is 0 Å². The third-order valence-corrected chi connectivity index (χ3v) is 4.19. The summed E-state index contributed by atoms with van der Waals surface area (Å²) >= 11 is 0. The highest BCUT2D eigenvalue weighted by Crippen LogP contribution is 2.17. The molecule has 0 aliphatic carbocycles. The highest BCUT2D eigenvalue weighted by Gasteiger charge is 2.25. The maximum atomic E-state index is 13.2. The van der Waals surface area contributed by atoms with Gasteiger partial charge in [-0.15, -0.1) is 0 Å². The number of carbonyl (C=O) groups is 2. The number of benzene rings is 2. The lowest BCUT2D eigenvalue weighted by Crippen LogP contribution is -2.50. The normalized spacial score (nSPS) is 11.7. The molecule has 0 aliphatic heterocycles. The Morgan fingerprint density at radius 1 is 1.11 bits per heavy atom. The first-order valence-corrected chi connectivity index (χ1v) is 8.88. The maximum Gasteiger partial charge on any atom is 0.255 e. The van der Waals surface area contributed by atoms with Crippen LogP contribution in [0, 0.1) is 11.7 Å². The van der Waals surface area contributed by atoms with E-state index in [0.29, 0.717) is 24.3 Å². The zero-order valence-electron chi connectivity index (χ0n) is 15.8. The van der Waals surface area contributed by atoms with Crippen molar-refractivity contribution in [3.63, 3.8) is 0 Å². The Bertz CT molecular complexity index is 793. The fourth-order valence-electron chi connectivity index (χ4n) is 2.72. The van der Waals surface area contributed by atoms with Gasteiger partial charge in [0.1, 0.15) is 17.6 Å². The van der Waals surface area contributed by atoms with Crippen LogP contribution in [0.4, 0.5) is 4.39 Å². The number of ether oxygens (including phenoxy) is 1. The number of amides is 2. The highest BCUT2D eigenvalue weighted by molar-refractivity contribution is 5.99. The number of hydrogen-bond donors (Lipinski definition) is 2. The molecule has 0 saturated heterocycles. The summed E-state index contributed by atoms with van der Waals surface area (Å²) in [4.78, 5) is 25.1. The number of carbonyl (C=O) groups excluding carboxylic acids is 2. The molecule has 144 valence electrons. The highest BCUT2D eigenvalue weighted by atomic mass is 19.1. The zero-order chi connectivity index (χ0) is 19.8. The van der Waals surface area contributed by atoms with Gasteiger partial charge in [0, 0.05) is 6.54 Å². The van der Waals surface area contributed by atoms with Gasteiger partial charge in [-0.25, -0.2) is 4.39 Å². The predicted octanol–water partition coefficient (Wildman–Crippen LogP) is 2.95. The quantitative estimate of drug-likeness (QED) is 0.749. The molecule has 2 amide bonds. The van der Waals surface area contributed by atoms with Gasteiger partial charge in [0.25, 0.3) is 5.91 Å². The Morgan fingerprint density at radius 3 is 2.52 bits per heavy atom. The first-order valence-electron chi connectivity index (χ1n) is 8.88. The van der Waals surface area contributed by atoms with E-state index in [1.807, 2.05) is 13.8 Å². The molecule has 5 nitrogen and oxygen atoms in total. The molecule has 2 aromatic rings. The smallest absolute Gasteiger partial charge is 0.255 e. The molecular weight excluding hydrogens is 347 g/mol. The van der Waals surface area contributed by atoms with Crippen LogP contribution >= 0.6 is 0 Å². The van der Waals surface area contributed by atoms with Crippen molar-refractivity contribution in [2.24, 2.45) is 5.92 Å². The van der Waals surface area contributed by atoms with Gasteiger partial charge in [0.15, 0.2) is 0 Å². The van der Waals surface area contributed by atoms with Gasteiger partial charge in [-0.2, -0.15) is 0 Å². The van der Waals surface area contributed by atoms with Crippen LogP contribution in [-0.4, -0.2) is 31.5 Å².